The number of benzene rings is 1. The van der Waals surface area contributed by atoms with Gasteiger partial charge in [0.05, 0.1) is 18.1 Å². The fourth-order valence-corrected chi connectivity index (χ4v) is 1.93. The minimum Gasteiger partial charge on any atom is -0.472 e. The van der Waals surface area contributed by atoms with Gasteiger partial charge in [-0.25, -0.2) is 0 Å². The second-order valence-electron chi connectivity index (χ2n) is 4.79. The number of aryl methyl sites for hydroxylation is 1. The molecule has 20 heavy (non-hydrogen) atoms. The molecule has 0 spiro atoms. The number of furan rings is 1. The molecule has 1 amide bonds. The average molecular weight is 272 g/mol. The molecule has 2 aromatic rings. The molecule has 1 heterocycles. The van der Waals surface area contributed by atoms with Crippen LogP contribution in [0.5, 0.6) is 0 Å². The molecule has 4 heteroatoms. The molecule has 0 saturated heterocycles. The second kappa shape index (κ2) is 6.80. The summed E-state index contributed by atoms with van der Waals surface area (Å²) in [7, 11) is 0. The summed E-state index contributed by atoms with van der Waals surface area (Å²) in [6.07, 6.45) is 4.25. The molecule has 1 aromatic carbocycles. The van der Waals surface area contributed by atoms with Crippen LogP contribution in [0.2, 0.25) is 0 Å². The SMILES string of the molecule is CCCNc1cc(C)ccc1C(=O)NCc1ccoc1. The van der Waals surface area contributed by atoms with Gasteiger partial charge in [-0.15, -0.1) is 0 Å². The Hall–Kier alpha value is -2.23. The van der Waals surface area contributed by atoms with Crippen molar-refractivity contribution < 1.29 is 9.21 Å². The van der Waals surface area contributed by atoms with E-state index in [0.717, 1.165) is 29.8 Å². The first kappa shape index (κ1) is 14.2. The van der Waals surface area contributed by atoms with Crippen molar-refractivity contribution in [2.45, 2.75) is 26.8 Å². The van der Waals surface area contributed by atoms with E-state index in [4.69, 9.17) is 4.42 Å². The summed E-state index contributed by atoms with van der Waals surface area (Å²) in [6.45, 7) is 5.44. The Morgan fingerprint density at radius 1 is 1.30 bits per heavy atom. The van der Waals surface area contributed by atoms with Crippen molar-refractivity contribution in [3.8, 4) is 0 Å². The van der Waals surface area contributed by atoms with Crippen LogP contribution in [-0.4, -0.2) is 12.5 Å². The summed E-state index contributed by atoms with van der Waals surface area (Å²) in [4.78, 5) is 12.3. The third kappa shape index (κ3) is 3.63. The zero-order valence-corrected chi connectivity index (χ0v) is 11.9. The van der Waals surface area contributed by atoms with Crippen LogP contribution in [0.15, 0.2) is 41.2 Å². The first-order valence-electron chi connectivity index (χ1n) is 6.84. The number of carbonyl (C=O) groups is 1. The van der Waals surface area contributed by atoms with E-state index in [1.807, 2.05) is 31.2 Å². The van der Waals surface area contributed by atoms with E-state index in [2.05, 4.69) is 17.6 Å². The molecular formula is C16H20N2O2. The van der Waals surface area contributed by atoms with Gasteiger partial charge < -0.3 is 15.1 Å². The fourth-order valence-electron chi connectivity index (χ4n) is 1.93. The molecule has 0 saturated carbocycles. The quantitative estimate of drug-likeness (QED) is 0.848. The topological polar surface area (TPSA) is 54.3 Å². The molecule has 1 aromatic heterocycles. The number of nitrogens with one attached hydrogen (secondary N) is 2. The Kier molecular flexibility index (Phi) is 4.82. The van der Waals surface area contributed by atoms with Crippen molar-refractivity contribution in [3.05, 3.63) is 53.5 Å². The van der Waals surface area contributed by atoms with Gasteiger partial charge in [0.15, 0.2) is 0 Å². The maximum absolute atomic E-state index is 12.3. The smallest absolute Gasteiger partial charge is 0.253 e. The van der Waals surface area contributed by atoms with Crippen LogP contribution in [0.25, 0.3) is 0 Å². The van der Waals surface area contributed by atoms with Crippen LogP contribution >= 0.6 is 0 Å². The van der Waals surface area contributed by atoms with Crippen molar-refractivity contribution in [2.24, 2.45) is 0 Å². The highest BCUT2D eigenvalue weighted by molar-refractivity contribution is 5.99. The fraction of sp³-hybridized carbons (Fsp3) is 0.312. The Labute approximate surface area is 119 Å². The van der Waals surface area contributed by atoms with Crippen molar-refractivity contribution in [2.75, 3.05) is 11.9 Å². The normalized spacial score (nSPS) is 10.3. The summed E-state index contributed by atoms with van der Waals surface area (Å²) in [5.74, 6) is -0.0789. The number of anilines is 1. The van der Waals surface area contributed by atoms with Gasteiger partial charge >= 0.3 is 0 Å². The van der Waals surface area contributed by atoms with E-state index in [-0.39, 0.29) is 5.91 Å². The molecule has 0 atom stereocenters. The predicted molar refractivity (Wildman–Crippen MR) is 79.8 cm³/mol. The van der Waals surface area contributed by atoms with Crippen molar-refractivity contribution in [3.63, 3.8) is 0 Å². The lowest BCUT2D eigenvalue weighted by Gasteiger charge is -2.12. The zero-order valence-electron chi connectivity index (χ0n) is 11.9. The molecule has 0 bridgehead atoms. The van der Waals surface area contributed by atoms with E-state index in [0.29, 0.717) is 12.1 Å². The Balaban J connectivity index is 2.07. The average Bonchev–Trinajstić information content (AvgIpc) is 2.96. The van der Waals surface area contributed by atoms with Crippen LogP contribution in [-0.2, 0) is 6.54 Å². The highest BCUT2D eigenvalue weighted by Crippen LogP contribution is 2.18. The predicted octanol–water partition coefficient (Wildman–Crippen LogP) is 3.34. The van der Waals surface area contributed by atoms with Crippen LogP contribution in [0, 0.1) is 6.92 Å². The van der Waals surface area contributed by atoms with Crippen LogP contribution < -0.4 is 10.6 Å². The van der Waals surface area contributed by atoms with E-state index >= 15 is 0 Å². The molecular weight excluding hydrogens is 252 g/mol. The number of amides is 1. The Bertz CT molecular complexity index is 562. The first-order valence-corrected chi connectivity index (χ1v) is 6.84. The van der Waals surface area contributed by atoms with E-state index in [1.54, 1.807) is 12.5 Å². The molecule has 0 aliphatic heterocycles. The third-order valence-corrected chi connectivity index (χ3v) is 3.02. The van der Waals surface area contributed by atoms with Gasteiger partial charge in [0.1, 0.15) is 0 Å². The number of hydrogen-bond acceptors (Lipinski definition) is 3. The molecule has 4 nitrogen and oxygen atoms in total. The molecule has 0 aliphatic carbocycles. The van der Waals surface area contributed by atoms with E-state index < -0.39 is 0 Å². The highest BCUT2D eigenvalue weighted by atomic mass is 16.3. The monoisotopic (exact) mass is 272 g/mol. The first-order chi connectivity index (χ1) is 9.70. The number of rotatable bonds is 6. The number of hydrogen-bond donors (Lipinski definition) is 2. The maximum Gasteiger partial charge on any atom is 0.253 e. The van der Waals surface area contributed by atoms with Gasteiger partial charge in [-0.2, -0.15) is 0 Å². The summed E-state index contributed by atoms with van der Waals surface area (Å²) in [6, 6.07) is 7.65. The van der Waals surface area contributed by atoms with Crippen molar-refractivity contribution >= 4 is 11.6 Å². The second-order valence-corrected chi connectivity index (χ2v) is 4.79. The maximum atomic E-state index is 12.3. The van der Waals surface area contributed by atoms with Crippen molar-refractivity contribution in [1.82, 2.24) is 5.32 Å². The van der Waals surface area contributed by atoms with Crippen molar-refractivity contribution in [1.29, 1.82) is 0 Å². The molecule has 0 unspecified atom stereocenters. The lowest BCUT2D eigenvalue weighted by Crippen LogP contribution is -2.24. The summed E-state index contributed by atoms with van der Waals surface area (Å²) in [5.41, 5.74) is 3.65. The number of carbonyl (C=O) groups excluding carboxylic acids is 1. The minimum absolute atomic E-state index is 0.0789. The van der Waals surface area contributed by atoms with Gasteiger partial charge in [-0.05, 0) is 37.1 Å². The highest BCUT2D eigenvalue weighted by Gasteiger charge is 2.11. The zero-order chi connectivity index (χ0) is 14.4. The van der Waals surface area contributed by atoms with Gasteiger partial charge in [0, 0.05) is 24.3 Å². The molecule has 106 valence electrons. The lowest BCUT2D eigenvalue weighted by molar-refractivity contribution is 0.0951. The van der Waals surface area contributed by atoms with Crippen LogP contribution in [0.1, 0.15) is 34.8 Å². The molecule has 2 N–H and O–H groups in total. The summed E-state index contributed by atoms with van der Waals surface area (Å²) in [5, 5.41) is 6.20. The Morgan fingerprint density at radius 2 is 2.15 bits per heavy atom. The van der Waals surface area contributed by atoms with Crippen LogP contribution in [0.4, 0.5) is 5.69 Å². The summed E-state index contributed by atoms with van der Waals surface area (Å²) < 4.78 is 4.98. The van der Waals surface area contributed by atoms with Gasteiger partial charge in [-0.3, -0.25) is 4.79 Å². The van der Waals surface area contributed by atoms with Gasteiger partial charge in [0.25, 0.3) is 5.91 Å². The standard InChI is InChI=1S/C16H20N2O2/c1-3-7-17-15-9-12(2)4-5-14(15)16(19)18-10-13-6-8-20-11-13/h4-6,8-9,11,17H,3,7,10H2,1-2H3,(H,18,19). The Morgan fingerprint density at radius 3 is 2.85 bits per heavy atom. The molecule has 0 aliphatic rings. The van der Waals surface area contributed by atoms with Gasteiger partial charge in [0.2, 0.25) is 0 Å². The molecule has 0 radical (unpaired) electrons. The van der Waals surface area contributed by atoms with E-state index in [9.17, 15) is 4.79 Å². The van der Waals surface area contributed by atoms with Crippen LogP contribution in [0.3, 0.4) is 0 Å². The molecule has 2 rings (SSSR count). The minimum atomic E-state index is -0.0789. The molecule has 0 fully saturated rings. The lowest BCUT2D eigenvalue weighted by atomic mass is 10.1. The van der Waals surface area contributed by atoms with E-state index in [1.165, 1.54) is 0 Å². The van der Waals surface area contributed by atoms with Gasteiger partial charge in [-0.1, -0.05) is 13.0 Å². The largest absolute Gasteiger partial charge is 0.472 e. The third-order valence-electron chi connectivity index (χ3n) is 3.02. The summed E-state index contributed by atoms with van der Waals surface area (Å²) >= 11 is 0.